The van der Waals surface area contributed by atoms with Crippen molar-refractivity contribution in [3.8, 4) is 0 Å². The molecule has 0 saturated heterocycles. The Morgan fingerprint density at radius 3 is 2.60 bits per heavy atom. The summed E-state index contributed by atoms with van der Waals surface area (Å²) in [6, 6.07) is 3.13. The minimum Gasteiger partial charge on any atom is -0.336 e. The van der Waals surface area contributed by atoms with Gasteiger partial charge in [0.1, 0.15) is 29.2 Å². The lowest BCUT2D eigenvalue weighted by atomic mass is 9.98. The Kier molecular flexibility index (Phi) is 4.76. The summed E-state index contributed by atoms with van der Waals surface area (Å²) in [5, 5.41) is 6.20. The SMILES string of the molecule is CCCC1(CCC)NC(=O)c2c(Cl)cc(Nc3ccncn3)c(=O)n21. The molecule has 0 atom stereocenters. The number of carbonyl (C=O) groups excluding carboxylic acids is 1. The first kappa shape index (κ1) is 17.4. The number of nitrogens with one attached hydrogen (secondary N) is 2. The molecule has 25 heavy (non-hydrogen) atoms. The van der Waals surface area contributed by atoms with Crippen molar-refractivity contribution in [1.29, 1.82) is 0 Å². The third-order valence-electron chi connectivity index (χ3n) is 4.32. The highest BCUT2D eigenvalue weighted by Gasteiger charge is 2.43. The average Bonchev–Trinajstić information content (AvgIpc) is 2.87. The molecule has 3 rings (SSSR count). The smallest absolute Gasteiger partial charge is 0.276 e. The number of nitrogens with zero attached hydrogens (tertiary/aromatic N) is 3. The largest absolute Gasteiger partial charge is 0.336 e. The lowest BCUT2D eigenvalue weighted by Gasteiger charge is -2.31. The van der Waals surface area contributed by atoms with E-state index in [1.807, 2.05) is 13.8 Å². The van der Waals surface area contributed by atoms with E-state index in [0.29, 0.717) is 18.7 Å². The normalized spacial score (nSPS) is 14.9. The molecular formula is C17H20ClN5O2. The van der Waals surface area contributed by atoms with Crippen LogP contribution in [0.4, 0.5) is 11.5 Å². The zero-order chi connectivity index (χ0) is 18.0. The topological polar surface area (TPSA) is 88.9 Å². The third kappa shape index (κ3) is 3.00. The van der Waals surface area contributed by atoms with Gasteiger partial charge in [-0.3, -0.25) is 14.2 Å². The fourth-order valence-corrected chi connectivity index (χ4v) is 3.70. The van der Waals surface area contributed by atoms with Crippen LogP contribution in [0.5, 0.6) is 0 Å². The molecule has 1 aliphatic heterocycles. The molecule has 2 aromatic heterocycles. The zero-order valence-electron chi connectivity index (χ0n) is 14.2. The fraction of sp³-hybridized carbons (Fsp3) is 0.412. The van der Waals surface area contributed by atoms with Gasteiger partial charge in [0, 0.05) is 6.20 Å². The van der Waals surface area contributed by atoms with Gasteiger partial charge in [-0.05, 0) is 25.0 Å². The summed E-state index contributed by atoms with van der Waals surface area (Å²) in [5.74, 6) is 0.176. The molecule has 1 amide bonds. The molecule has 0 unspecified atom stereocenters. The Morgan fingerprint density at radius 1 is 1.28 bits per heavy atom. The van der Waals surface area contributed by atoms with Gasteiger partial charge in [0.15, 0.2) is 0 Å². The van der Waals surface area contributed by atoms with E-state index in [2.05, 4.69) is 20.6 Å². The van der Waals surface area contributed by atoms with Gasteiger partial charge in [0.25, 0.3) is 11.5 Å². The summed E-state index contributed by atoms with van der Waals surface area (Å²) in [4.78, 5) is 33.5. The van der Waals surface area contributed by atoms with Gasteiger partial charge in [0.05, 0.1) is 5.02 Å². The third-order valence-corrected chi connectivity index (χ3v) is 4.60. The van der Waals surface area contributed by atoms with Crippen molar-refractivity contribution in [2.45, 2.75) is 45.2 Å². The standard InChI is InChI=1S/C17H20ClN5O2/c1-3-6-17(7-4-2)22-15(24)14-11(18)9-12(16(25)23(14)17)21-13-5-8-19-10-20-13/h5,8-10H,3-4,6-7H2,1-2H3,(H,22,24)(H,19,20,21). The van der Waals surface area contributed by atoms with E-state index in [9.17, 15) is 9.59 Å². The minimum atomic E-state index is -0.736. The molecule has 0 spiro atoms. The van der Waals surface area contributed by atoms with Gasteiger partial charge >= 0.3 is 0 Å². The minimum absolute atomic E-state index is 0.224. The number of pyridine rings is 1. The molecule has 2 N–H and O–H groups in total. The molecule has 0 fully saturated rings. The summed E-state index contributed by atoms with van der Waals surface area (Å²) < 4.78 is 1.52. The maximum Gasteiger partial charge on any atom is 0.276 e. The van der Waals surface area contributed by atoms with Gasteiger partial charge in [0.2, 0.25) is 0 Å². The number of carbonyl (C=O) groups is 1. The summed E-state index contributed by atoms with van der Waals surface area (Å²) in [7, 11) is 0. The highest BCUT2D eigenvalue weighted by atomic mass is 35.5. The van der Waals surface area contributed by atoms with Gasteiger partial charge < -0.3 is 10.6 Å². The molecule has 7 nitrogen and oxygen atoms in total. The van der Waals surface area contributed by atoms with Crippen LogP contribution in [0.2, 0.25) is 5.02 Å². The van der Waals surface area contributed by atoms with Gasteiger partial charge in [-0.2, -0.15) is 0 Å². The lowest BCUT2D eigenvalue weighted by Crippen LogP contribution is -2.47. The predicted octanol–water partition coefficient (Wildman–Crippen LogP) is 3.03. The molecule has 0 bridgehead atoms. The number of halogens is 1. The molecular weight excluding hydrogens is 342 g/mol. The maximum atomic E-state index is 13.1. The van der Waals surface area contributed by atoms with Crippen molar-refractivity contribution < 1.29 is 4.79 Å². The van der Waals surface area contributed by atoms with Crippen molar-refractivity contribution in [3.63, 3.8) is 0 Å². The number of hydrogen-bond donors (Lipinski definition) is 2. The summed E-state index contributed by atoms with van der Waals surface area (Å²) in [5.41, 5.74) is -0.527. The first-order valence-corrected chi connectivity index (χ1v) is 8.71. The second kappa shape index (κ2) is 6.84. The summed E-state index contributed by atoms with van der Waals surface area (Å²) in [6.45, 7) is 4.05. The van der Waals surface area contributed by atoms with Crippen LogP contribution in [-0.4, -0.2) is 20.4 Å². The lowest BCUT2D eigenvalue weighted by molar-refractivity contribution is 0.0900. The van der Waals surface area contributed by atoms with Crippen LogP contribution >= 0.6 is 11.6 Å². The Balaban J connectivity index is 2.16. The van der Waals surface area contributed by atoms with Gasteiger partial charge in [-0.1, -0.05) is 38.3 Å². The van der Waals surface area contributed by atoms with E-state index in [1.54, 1.807) is 12.3 Å². The molecule has 3 heterocycles. The van der Waals surface area contributed by atoms with E-state index in [4.69, 9.17) is 11.6 Å². The number of rotatable bonds is 6. The Morgan fingerprint density at radius 2 is 2.00 bits per heavy atom. The molecule has 132 valence electrons. The monoisotopic (exact) mass is 361 g/mol. The van der Waals surface area contributed by atoms with Crippen LogP contribution < -0.4 is 16.2 Å². The molecule has 0 aromatic carbocycles. The fourth-order valence-electron chi connectivity index (χ4n) is 3.42. The van der Waals surface area contributed by atoms with E-state index >= 15 is 0 Å². The highest BCUT2D eigenvalue weighted by Crippen LogP contribution is 2.34. The van der Waals surface area contributed by atoms with Crippen molar-refractivity contribution >= 4 is 29.0 Å². The van der Waals surface area contributed by atoms with Crippen molar-refractivity contribution in [1.82, 2.24) is 19.9 Å². The van der Waals surface area contributed by atoms with Crippen LogP contribution in [0, 0.1) is 0 Å². The predicted molar refractivity (Wildman–Crippen MR) is 96.3 cm³/mol. The molecule has 1 aliphatic rings. The Labute approximate surface area is 150 Å². The number of fused-ring (bicyclic) bond motifs is 1. The molecule has 0 aliphatic carbocycles. The van der Waals surface area contributed by atoms with Crippen LogP contribution in [0.3, 0.4) is 0 Å². The van der Waals surface area contributed by atoms with E-state index in [0.717, 1.165) is 12.8 Å². The van der Waals surface area contributed by atoms with Crippen molar-refractivity contribution in [2.75, 3.05) is 5.32 Å². The van der Waals surface area contributed by atoms with Crippen LogP contribution in [0.15, 0.2) is 29.5 Å². The number of aromatic nitrogens is 3. The number of anilines is 2. The van der Waals surface area contributed by atoms with Crippen molar-refractivity contribution in [3.05, 3.63) is 45.7 Å². The second-order valence-corrected chi connectivity index (χ2v) is 6.51. The quantitative estimate of drug-likeness (QED) is 0.825. The average molecular weight is 362 g/mol. The number of hydrogen-bond acceptors (Lipinski definition) is 5. The first-order valence-electron chi connectivity index (χ1n) is 8.34. The summed E-state index contributed by atoms with van der Waals surface area (Å²) >= 11 is 6.34. The number of amides is 1. The Bertz CT molecular complexity index is 844. The van der Waals surface area contributed by atoms with E-state index < -0.39 is 5.66 Å². The van der Waals surface area contributed by atoms with Gasteiger partial charge in [-0.25, -0.2) is 9.97 Å². The Hall–Kier alpha value is -2.41. The zero-order valence-corrected chi connectivity index (χ0v) is 14.9. The van der Waals surface area contributed by atoms with Crippen LogP contribution in [0.1, 0.15) is 50.0 Å². The van der Waals surface area contributed by atoms with Crippen LogP contribution in [0.25, 0.3) is 0 Å². The van der Waals surface area contributed by atoms with E-state index in [1.165, 1.54) is 17.0 Å². The van der Waals surface area contributed by atoms with E-state index in [-0.39, 0.29) is 27.9 Å². The molecule has 8 heteroatoms. The first-order chi connectivity index (χ1) is 12.0. The second-order valence-electron chi connectivity index (χ2n) is 6.10. The summed E-state index contributed by atoms with van der Waals surface area (Å²) in [6.07, 6.45) is 5.93. The maximum absolute atomic E-state index is 13.1. The molecule has 0 saturated carbocycles. The highest BCUT2D eigenvalue weighted by molar-refractivity contribution is 6.34. The van der Waals surface area contributed by atoms with Crippen LogP contribution in [-0.2, 0) is 5.66 Å². The van der Waals surface area contributed by atoms with Gasteiger partial charge in [-0.15, -0.1) is 0 Å². The van der Waals surface area contributed by atoms with Crippen molar-refractivity contribution in [2.24, 2.45) is 0 Å². The molecule has 2 aromatic rings. The molecule has 0 radical (unpaired) electrons.